The molecule has 0 aliphatic rings. The van der Waals surface area contributed by atoms with Crippen molar-refractivity contribution in [2.75, 3.05) is 6.54 Å². The molecule has 4 heteroatoms. The highest BCUT2D eigenvalue weighted by atomic mass is 16.3. The molecule has 0 saturated carbocycles. The number of hydrogen-bond donors (Lipinski definition) is 1. The van der Waals surface area contributed by atoms with E-state index in [4.69, 9.17) is 4.42 Å². The number of nitrogens with zero attached hydrogens (tertiary/aromatic N) is 2. The fraction of sp³-hybridized carbons (Fsp3) is 0.533. The minimum atomic E-state index is 0.299. The standard InChI is InChI=1S/C15H23N3O/c1-4-7-16-15(14-6-8-19-12(14)3)9-13-10-17-18(5-2)11-13/h6,8,10-11,15-16H,4-5,7,9H2,1-3H3. The van der Waals surface area contributed by atoms with Crippen LogP contribution in [0.1, 0.15) is 43.2 Å². The molecular formula is C15H23N3O. The van der Waals surface area contributed by atoms with Crippen molar-refractivity contribution in [1.82, 2.24) is 15.1 Å². The molecule has 0 radical (unpaired) electrons. The van der Waals surface area contributed by atoms with Crippen molar-refractivity contribution in [2.24, 2.45) is 0 Å². The number of hydrogen-bond acceptors (Lipinski definition) is 3. The lowest BCUT2D eigenvalue weighted by atomic mass is 10.0. The maximum absolute atomic E-state index is 5.43. The van der Waals surface area contributed by atoms with Crippen LogP contribution in [0.25, 0.3) is 0 Å². The van der Waals surface area contributed by atoms with Gasteiger partial charge >= 0.3 is 0 Å². The molecule has 0 aliphatic heterocycles. The molecule has 0 aromatic carbocycles. The first kappa shape index (κ1) is 13.9. The highest BCUT2D eigenvalue weighted by Gasteiger charge is 2.16. The molecule has 0 bridgehead atoms. The molecule has 0 amide bonds. The molecular weight excluding hydrogens is 238 g/mol. The van der Waals surface area contributed by atoms with Gasteiger partial charge in [0.05, 0.1) is 12.5 Å². The van der Waals surface area contributed by atoms with Gasteiger partial charge in [-0.3, -0.25) is 4.68 Å². The maximum atomic E-state index is 5.43. The van der Waals surface area contributed by atoms with Gasteiger partial charge < -0.3 is 9.73 Å². The molecule has 0 spiro atoms. The average Bonchev–Trinajstić information content (AvgIpc) is 3.03. The molecule has 1 N–H and O–H groups in total. The SMILES string of the molecule is CCCNC(Cc1cnn(CC)c1)c1ccoc1C. The molecule has 4 nitrogen and oxygen atoms in total. The molecule has 2 heterocycles. The topological polar surface area (TPSA) is 43.0 Å². The van der Waals surface area contributed by atoms with Gasteiger partial charge in [0.2, 0.25) is 0 Å². The molecule has 2 aromatic heterocycles. The van der Waals surface area contributed by atoms with Crippen LogP contribution >= 0.6 is 0 Å². The van der Waals surface area contributed by atoms with Crippen LogP contribution in [0.2, 0.25) is 0 Å². The highest BCUT2D eigenvalue weighted by Crippen LogP contribution is 2.22. The van der Waals surface area contributed by atoms with E-state index in [0.29, 0.717) is 6.04 Å². The lowest BCUT2D eigenvalue weighted by Gasteiger charge is -2.17. The van der Waals surface area contributed by atoms with Crippen molar-refractivity contribution < 1.29 is 4.42 Å². The van der Waals surface area contributed by atoms with Crippen LogP contribution in [0, 0.1) is 6.92 Å². The van der Waals surface area contributed by atoms with Crippen molar-refractivity contribution in [3.05, 3.63) is 41.6 Å². The third-order valence-electron chi connectivity index (χ3n) is 3.37. The van der Waals surface area contributed by atoms with Crippen LogP contribution in [-0.2, 0) is 13.0 Å². The number of nitrogens with one attached hydrogen (secondary N) is 1. The van der Waals surface area contributed by atoms with E-state index in [9.17, 15) is 0 Å². The molecule has 104 valence electrons. The number of rotatable bonds is 7. The van der Waals surface area contributed by atoms with E-state index >= 15 is 0 Å². The number of furan rings is 1. The minimum Gasteiger partial charge on any atom is -0.469 e. The van der Waals surface area contributed by atoms with E-state index in [0.717, 1.165) is 31.7 Å². The van der Waals surface area contributed by atoms with E-state index in [-0.39, 0.29) is 0 Å². The van der Waals surface area contributed by atoms with Crippen molar-refractivity contribution in [3.63, 3.8) is 0 Å². The summed E-state index contributed by atoms with van der Waals surface area (Å²) >= 11 is 0. The van der Waals surface area contributed by atoms with Gasteiger partial charge in [0.25, 0.3) is 0 Å². The van der Waals surface area contributed by atoms with Gasteiger partial charge in [-0.2, -0.15) is 5.10 Å². The zero-order chi connectivity index (χ0) is 13.7. The minimum absolute atomic E-state index is 0.299. The van der Waals surface area contributed by atoms with Crippen LogP contribution in [0.15, 0.2) is 29.1 Å². The summed E-state index contributed by atoms with van der Waals surface area (Å²) < 4.78 is 7.40. The fourth-order valence-electron chi connectivity index (χ4n) is 2.29. The molecule has 19 heavy (non-hydrogen) atoms. The van der Waals surface area contributed by atoms with E-state index in [1.165, 1.54) is 11.1 Å². The molecule has 0 fully saturated rings. The Morgan fingerprint density at radius 2 is 2.26 bits per heavy atom. The summed E-state index contributed by atoms with van der Waals surface area (Å²) in [6, 6.07) is 2.36. The Morgan fingerprint density at radius 3 is 2.84 bits per heavy atom. The molecule has 1 unspecified atom stereocenters. The van der Waals surface area contributed by atoms with E-state index in [2.05, 4.69) is 36.5 Å². The van der Waals surface area contributed by atoms with Crippen molar-refractivity contribution in [1.29, 1.82) is 0 Å². The Bertz CT molecular complexity index is 501. The average molecular weight is 261 g/mol. The van der Waals surface area contributed by atoms with Crippen LogP contribution in [0.4, 0.5) is 0 Å². The third kappa shape index (κ3) is 3.47. The summed E-state index contributed by atoms with van der Waals surface area (Å²) in [5.41, 5.74) is 2.51. The molecule has 0 aliphatic carbocycles. The summed E-state index contributed by atoms with van der Waals surface area (Å²) in [5, 5.41) is 7.93. The summed E-state index contributed by atoms with van der Waals surface area (Å²) in [6.45, 7) is 8.23. The second kappa shape index (κ2) is 6.57. The molecule has 2 aromatic rings. The zero-order valence-corrected chi connectivity index (χ0v) is 12.0. The first-order valence-corrected chi connectivity index (χ1v) is 7.03. The Labute approximate surface area is 114 Å². The Morgan fingerprint density at radius 1 is 1.42 bits per heavy atom. The fourth-order valence-corrected chi connectivity index (χ4v) is 2.29. The number of aryl methyl sites for hydroxylation is 2. The van der Waals surface area contributed by atoms with Crippen molar-refractivity contribution in [3.8, 4) is 0 Å². The molecule has 1 atom stereocenters. The van der Waals surface area contributed by atoms with E-state index in [1.54, 1.807) is 6.26 Å². The summed E-state index contributed by atoms with van der Waals surface area (Å²) in [7, 11) is 0. The van der Waals surface area contributed by atoms with E-state index < -0.39 is 0 Å². The van der Waals surface area contributed by atoms with Crippen LogP contribution in [-0.4, -0.2) is 16.3 Å². The Kier molecular flexibility index (Phi) is 4.80. The maximum Gasteiger partial charge on any atom is 0.105 e. The largest absolute Gasteiger partial charge is 0.469 e. The predicted octanol–water partition coefficient (Wildman–Crippen LogP) is 3.09. The van der Waals surface area contributed by atoms with Gasteiger partial charge in [-0.1, -0.05) is 6.92 Å². The Hall–Kier alpha value is -1.55. The summed E-state index contributed by atoms with van der Waals surface area (Å²) in [4.78, 5) is 0. The van der Waals surface area contributed by atoms with Gasteiger partial charge in [0.1, 0.15) is 5.76 Å². The van der Waals surface area contributed by atoms with Crippen LogP contribution in [0.3, 0.4) is 0 Å². The smallest absolute Gasteiger partial charge is 0.105 e. The number of aromatic nitrogens is 2. The molecule has 0 saturated heterocycles. The van der Waals surface area contributed by atoms with Gasteiger partial charge in [-0.15, -0.1) is 0 Å². The third-order valence-corrected chi connectivity index (χ3v) is 3.37. The van der Waals surface area contributed by atoms with Gasteiger partial charge in [0, 0.05) is 24.3 Å². The van der Waals surface area contributed by atoms with Gasteiger partial charge in [-0.25, -0.2) is 0 Å². The second-order valence-electron chi connectivity index (χ2n) is 4.85. The van der Waals surface area contributed by atoms with Crippen molar-refractivity contribution in [2.45, 2.75) is 46.2 Å². The van der Waals surface area contributed by atoms with Crippen LogP contribution in [0.5, 0.6) is 0 Å². The summed E-state index contributed by atoms with van der Waals surface area (Å²) in [6.07, 6.45) is 7.92. The quantitative estimate of drug-likeness (QED) is 0.833. The second-order valence-corrected chi connectivity index (χ2v) is 4.85. The van der Waals surface area contributed by atoms with Crippen molar-refractivity contribution >= 4 is 0 Å². The Balaban J connectivity index is 2.11. The monoisotopic (exact) mass is 261 g/mol. The van der Waals surface area contributed by atoms with E-state index in [1.807, 2.05) is 17.8 Å². The molecule has 2 rings (SSSR count). The van der Waals surface area contributed by atoms with Gasteiger partial charge in [0.15, 0.2) is 0 Å². The summed E-state index contributed by atoms with van der Waals surface area (Å²) in [5.74, 6) is 0.997. The lowest BCUT2D eigenvalue weighted by Crippen LogP contribution is -2.24. The normalized spacial score (nSPS) is 12.8. The first-order valence-electron chi connectivity index (χ1n) is 7.03. The van der Waals surface area contributed by atoms with Gasteiger partial charge in [-0.05, 0) is 44.9 Å². The zero-order valence-electron chi connectivity index (χ0n) is 12.0. The first-order chi connectivity index (χ1) is 9.24. The highest BCUT2D eigenvalue weighted by molar-refractivity contribution is 5.23. The van der Waals surface area contributed by atoms with Crippen LogP contribution < -0.4 is 5.32 Å². The lowest BCUT2D eigenvalue weighted by molar-refractivity contribution is 0.494. The predicted molar refractivity (Wildman–Crippen MR) is 76.1 cm³/mol.